The molecular formula is C43H31N7. The lowest BCUT2D eigenvalue weighted by Crippen LogP contribution is -2.23. The Hall–Kier alpha value is -6.36. The van der Waals surface area contributed by atoms with Crippen LogP contribution in [0.15, 0.2) is 122 Å². The van der Waals surface area contributed by atoms with Crippen LogP contribution in [0.4, 0.5) is 0 Å². The van der Waals surface area contributed by atoms with E-state index in [1.165, 1.54) is 75.8 Å². The van der Waals surface area contributed by atoms with Crippen LogP contribution in [0, 0.1) is 12.3 Å². The van der Waals surface area contributed by atoms with E-state index < -0.39 is 0 Å². The Morgan fingerprint density at radius 1 is 0.500 bits per heavy atom. The molecule has 7 heteroatoms. The highest BCUT2D eigenvalue weighted by molar-refractivity contribution is 6.24. The van der Waals surface area contributed by atoms with Crippen molar-refractivity contribution in [1.29, 1.82) is 0 Å². The van der Waals surface area contributed by atoms with Crippen molar-refractivity contribution in [2.45, 2.75) is 26.2 Å². The van der Waals surface area contributed by atoms with Gasteiger partial charge in [0.2, 0.25) is 0 Å². The Balaban J connectivity index is 0.871. The third-order valence-electron chi connectivity index (χ3n) is 10.2. The van der Waals surface area contributed by atoms with Gasteiger partial charge in [-0.15, -0.1) is 16.6 Å². The van der Waals surface area contributed by atoms with Gasteiger partial charge in [-0.25, -0.2) is 9.36 Å². The smallest absolute Gasteiger partial charge is 0.0967 e. The summed E-state index contributed by atoms with van der Waals surface area (Å²) < 4.78 is 3.84. The molecule has 2 heterocycles. The number of nitrogens with zero attached hydrogens (tertiary/aromatic N) is 7. The molecule has 0 spiro atoms. The number of terminal acetylenes is 1. The summed E-state index contributed by atoms with van der Waals surface area (Å²) in [5.74, 6) is 2.81. The molecule has 0 aliphatic rings. The van der Waals surface area contributed by atoms with Gasteiger partial charge >= 0.3 is 0 Å². The SMILES string of the molecule is C#CCN(Cc1cn(Cc2ccc3ccc4cccc5ccc2c3c45)nn1)Cc1cn(Cc2ccc3ccc4cccc5ccc2c3c45)nn1. The molecule has 0 N–H and O–H groups in total. The third-order valence-corrected chi connectivity index (χ3v) is 10.2. The standard InChI is InChI=1S/C43H31N7/c1-2-21-48(24-36-26-49(46-44-36)22-34-15-13-32-11-9-28-5-3-7-30-17-19-38(34)42(32)40(28)30)25-37-27-50(47-45-37)23-35-16-14-33-12-10-29-6-4-8-31-18-20-39(35)43(33)41(29)31/h1,3-20,26-27H,21-25H2. The van der Waals surface area contributed by atoms with E-state index in [0.717, 1.165) is 11.4 Å². The lowest BCUT2D eigenvalue weighted by atomic mass is 9.92. The summed E-state index contributed by atoms with van der Waals surface area (Å²) in [6, 6.07) is 39.6. The zero-order valence-corrected chi connectivity index (χ0v) is 27.3. The zero-order valence-electron chi connectivity index (χ0n) is 27.3. The monoisotopic (exact) mass is 645 g/mol. The summed E-state index contributed by atoms with van der Waals surface area (Å²) in [6.45, 7) is 2.85. The lowest BCUT2D eigenvalue weighted by molar-refractivity contribution is 0.283. The Labute approximate surface area is 288 Å². The van der Waals surface area contributed by atoms with Crippen molar-refractivity contribution in [3.05, 3.63) is 144 Å². The van der Waals surface area contributed by atoms with Crippen molar-refractivity contribution in [2.24, 2.45) is 0 Å². The Morgan fingerprint density at radius 3 is 1.34 bits per heavy atom. The first-order valence-corrected chi connectivity index (χ1v) is 16.9. The molecule has 0 unspecified atom stereocenters. The van der Waals surface area contributed by atoms with Crippen molar-refractivity contribution in [3.63, 3.8) is 0 Å². The van der Waals surface area contributed by atoms with Crippen molar-refractivity contribution in [3.8, 4) is 12.3 Å². The minimum atomic E-state index is 0.462. The van der Waals surface area contributed by atoms with E-state index >= 15 is 0 Å². The van der Waals surface area contributed by atoms with Gasteiger partial charge in [0, 0.05) is 13.1 Å². The predicted octanol–water partition coefficient (Wildman–Crippen LogP) is 8.40. The second-order valence-electron chi connectivity index (χ2n) is 13.3. The maximum absolute atomic E-state index is 5.81. The maximum atomic E-state index is 5.81. The molecule has 0 aliphatic carbocycles. The number of rotatable bonds is 9. The third kappa shape index (κ3) is 4.73. The number of benzene rings is 8. The molecule has 10 aromatic rings. The van der Waals surface area contributed by atoms with Crippen LogP contribution in [-0.4, -0.2) is 41.4 Å². The average Bonchev–Trinajstić information content (AvgIpc) is 3.79. The molecule has 0 fully saturated rings. The molecular weight excluding hydrogens is 615 g/mol. The van der Waals surface area contributed by atoms with Crippen LogP contribution >= 0.6 is 0 Å². The van der Waals surface area contributed by atoms with Gasteiger partial charge in [-0.1, -0.05) is 126 Å². The van der Waals surface area contributed by atoms with Gasteiger partial charge < -0.3 is 0 Å². The molecule has 0 amide bonds. The molecule has 0 saturated carbocycles. The van der Waals surface area contributed by atoms with Gasteiger partial charge in [-0.05, 0) is 75.8 Å². The molecule has 8 aromatic carbocycles. The van der Waals surface area contributed by atoms with Crippen molar-refractivity contribution < 1.29 is 0 Å². The Bertz CT molecular complexity index is 2670. The molecule has 2 aromatic heterocycles. The highest BCUT2D eigenvalue weighted by atomic mass is 15.4. The van der Waals surface area contributed by atoms with Crippen LogP contribution in [0.25, 0.3) is 64.6 Å². The molecule has 0 radical (unpaired) electrons. The summed E-state index contributed by atoms with van der Waals surface area (Å²) >= 11 is 0. The van der Waals surface area contributed by atoms with Crippen LogP contribution in [0.3, 0.4) is 0 Å². The topological polar surface area (TPSA) is 64.7 Å². The second kappa shape index (κ2) is 11.4. The van der Waals surface area contributed by atoms with E-state index in [0.29, 0.717) is 32.7 Å². The van der Waals surface area contributed by atoms with E-state index in [1.807, 2.05) is 21.8 Å². The number of hydrogen-bond donors (Lipinski definition) is 0. The fourth-order valence-electron chi connectivity index (χ4n) is 7.95. The first kappa shape index (κ1) is 28.6. The fraction of sp³-hybridized carbons (Fsp3) is 0.116. The molecule has 0 atom stereocenters. The maximum Gasteiger partial charge on any atom is 0.0967 e. The highest BCUT2D eigenvalue weighted by Gasteiger charge is 2.16. The summed E-state index contributed by atoms with van der Waals surface area (Å²) in [6.07, 6.45) is 9.85. The normalized spacial score (nSPS) is 12.2. The molecule has 50 heavy (non-hydrogen) atoms. The van der Waals surface area contributed by atoms with Crippen LogP contribution in [0.1, 0.15) is 22.5 Å². The van der Waals surface area contributed by atoms with E-state index in [-0.39, 0.29) is 0 Å². The van der Waals surface area contributed by atoms with Gasteiger partial charge in [-0.2, -0.15) is 0 Å². The summed E-state index contributed by atoms with van der Waals surface area (Å²) in [7, 11) is 0. The Kier molecular flexibility index (Phi) is 6.51. The van der Waals surface area contributed by atoms with Crippen molar-refractivity contribution in [2.75, 3.05) is 6.54 Å². The molecule has 238 valence electrons. The first-order chi connectivity index (χ1) is 24.7. The van der Waals surface area contributed by atoms with Gasteiger partial charge in [0.1, 0.15) is 0 Å². The number of hydrogen-bond acceptors (Lipinski definition) is 5. The molecule has 10 rings (SSSR count). The van der Waals surface area contributed by atoms with Gasteiger partial charge in [-0.3, -0.25) is 4.90 Å². The van der Waals surface area contributed by atoms with Crippen LogP contribution in [0.5, 0.6) is 0 Å². The summed E-state index contributed by atoms with van der Waals surface area (Å²) in [5, 5.41) is 33.4. The predicted molar refractivity (Wildman–Crippen MR) is 201 cm³/mol. The quantitative estimate of drug-likeness (QED) is 0.117. The van der Waals surface area contributed by atoms with Crippen LogP contribution in [-0.2, 0) is 26.2 Å². The van der Waals surface area contributed by atoms with Crippen molar-refractivity contribution >= 4 is 64.6 Å². The van der Waals surface area contributed by atoms with E-state index in [4.69, 9.17) is 6.42 Å². The summed E-state index contributed by atoms with van der Waals surface area (Å²) in [5.41, 5.74) is 4.15. The highest BCUT2D eigenvalue weighted by Crippen LogP contribution is 2.37. The molecule has 0 saturated heterocycles. The van der Waals surface area contributed by atoms with E-state index in [2.05, 4.69) is 141 Å². The Morgan fingerprint density at radius 2 is 0.900 bits per heavy atom. The largest absolute Gasteiger partial charge is 0.280 e. The van der Waals surface area contributed by atoms with Gasteiger partial charge in [0.05, 0.1) is 43.4 Å². The van der Waals surface area contributed by atoms with Crippen LogP contribution in [0.2, 0.25) is 0 Å². The second-order valence-corrected chi connectivity index (χ2v) is 13.3. The van der Waals surface area contributed by atoms with Gasteiger partial charge in [0.15, 0.2) is 0 Å². The molecule has 7 nitrogen and oxygen atoms in total. The van der Waals surface area contributed by atoms with E-state index in [9.17, 15) is 0 Å². The van der Waals surface area contributed by atoms with Crippen LogP contribution < -0.4 is 0 Å². The molecule has 0 aliphatic heterocycles. The van der Waals surface area contributed by atoms with Gasteiger partial charge in [0.25, 0.3) is 0 Å². The first-order valence-electron chi connectivity index (χ1n) is 16.9. The minimum absolute atomic E-state index is 0.462. The average molecular weight is 646 g/mol. The zero-order chi connectivity index (χ0) is 33.2. The van der Waals surface area contributed by atoms with Crippen molar-refractivity contribution in [1.82, 2.24) is 34.9 Å². The van der Waals surface area contributed by atoms with E-state index in [1.54, 1.807) is 0 Å². The molecule has 0 bridgehead atoms. The lowest BCUT2D eigenvalue weighted by Gasteiger charge is -2.16. The fourth-order valence-corrected chi connectivity index (χ4v) is 7.95. The number of aromatic nitrogens is 6. The minimum Gasteiger partial charge on any atom is -0.280 e. The summed E-state index contributed by atoms with van der Waals surface area (Å²) in [4.78, 5) is 2.15.